The Hall–Kier alpha value is -4.14. The van der Waals surface area contributed by atoms with E-state index in [0.29, 0.717) is 28.6 Å². The van der Waals surface area contributed by atoms with Crippen LogP contribution < -0.4 is 20.1 Å². The first kappa shape index (κ1) is 31.8. The monoisotopic (exact) mass is 615 g/mol. The Morgan fingerprint density at radius 2 is 1.91 bits per heavy atom. The number of aliphatic hydroxyl groups is 1. The number of hydrogen-bond acceptors (Lipinski definition) is 9. The summed E-state index contributed by atoms with van der Waals surface area (Å²) in [6.45, 7) is 6.87. The number of methoxy groups -OCH3 is 1. The number of ether oxygens (including phenoxy) is 2. The molecule has 232 valence electrons. The molecule has 2 heterocycles. The third kappa shape index (κ3) is 6.92. The van der Waals surface area contributed by atoms with E-state index in [1.807, 2.05) is 6.92 Å². The number of anilines is 2. The number of carbonyl (C=O) groups is 2. The van der Waals surface area contributed by atoms with Crippen LogP contribution in [0.1, 0.15) is 35.7 Å². The molecule has 0 saturated carbocycles. The summed E-state index contributed by atoms with van der Waals surface area (Å²) < 4.78 is 44.5. The fourth-order valence-electron chi connectivity index (χ4n) is 4.73. The van der Waals surface area contributed by atoms with Crippen molar-refractivity contribution in [1.29, 1.82) is 0 Å². The van der Waals surface area contributed by atoms with Crippen LogP contribution in [-0.4, -0.2) is 85.8 Å². The Bertz CT molecular complexity index is 1550. The van der Waals surface area contributed by atoms with Gasteiger partial charge in [-0.2, -0.15) is 4.31 Å². The normalized spacial score (nSPS) is 17.9. The fourth-order valence-corrected chi connectivity index (χ4v) is 5.92. The average Bonchev–Trinajstić information content (AvgIpc) is 3.30. The molecule has 1 aliphatic rings. The predicted octanol–water partition coefficient (Wildman–Crippen LogP) is 3.48. The lowest BCUT2D eigenvalue weighted by Gasteiger charge is -2.38. The minimum absolute atomic E-state index is 0.00957. The Morgan fingerprint density at radius 3 is 2.51 bits per heavy atom. The van der Waals surface area contributed by atoms with Crippen LogP contribution in [0.2, 0.25) is 0 Å². The summed E-state index contributed by atoms with van der Waals surface area (Å²) in [5.41, 5.74) is 1.44. The third-order valence-electron chi connectivity index (χ3n) is 7.40. The summed E-state index contributed by atoms with van der Waals surface area (Å²) in [5.74, 6) is 0.507. The van der Waals surface area contributed by atoms with E-state index in [4.69, 9.17) is 14.0 Å². The van der Waals surface area contributed by atoms with Crippen molar-refractivity contribution in [2.45, 2.75) is 44.7 Å². The van der Waals surface area contributed by atoms with Gasteiger partial charge in [0.2, 0.25) is 10.0 Å². The lowest BCUT2D eigenvalue weighted by atomic mass is 9.99. The highest BCUT2D eigenvalue weighted by atomic mass is 32.2. The number of aryl methyl sites for hydroxylation is 2. The maximum Gasteiger partial charge on any atom is 0.323 e. The molecule has 2 aromatic carbocycles. The smallest absolute Gasteiger partial charge is 0.323 e. The average molecular weight is 616 g/mol. The van der Waals surface area contributed by atoms with Crippen LogP contribution in [0.25, 0.3) is 0 Å². The number of aromatic nitrogens is 1. The summed E-state index contributed by atoms with van der Waals surface area (Å²) in [4.78, 5) is 28.1. The van der Waals surface area contributed by atoms with Gasteiger partial charge in [0.05, 0.1) is 36.8 Å². The van der Waals surface area contributed by atoms with Crippen molar-refractivity contribution in [3.8, 4) is 11.5 Å². The van der Waals surface area contributed by atoms with Gasteiger partial charge in [-0.05, 0) is 63.2 Å². The molecule has 0 radical (unpaired) electrons. The second kappa shape index (κ2) is 13.0. The number of amides is 3. The summed E-state index contributed by atoms with van der Waals surface area (Å²) in [6, 6.07) is 9.64. The molecule has 0 unspecified atom stereocenters. The van der Waals surface area contributed by atoms with Crippen LogP contribution in [0.15, 0.2) is 51.9 Å². The first-order valence-corrected chi connectivity index (χ1v) is 15.1. The van der Waals surface area contributed by atoms with Gasteiger partial charge >= 0.3 is 6.03 Å². The maximum absolute atomic E-state index is 13.7. The number of hydrogen-bond donors (Lipinski definition) is 3. The summed E-state index contributed by atoms with van der Waals surface area (Å²) in [7, 11) is -0.894. The van der Waals surface area contributed by atoms with Gasteiger partial charge in [0, 0.05) is 25.2 Å². The lowest BCUT2D eigenvalue weighted by molar-refractivity contribution is 0.0387. The Balaban J connectivity index is 1.61. The molecule has 1 aliphatic heterocycles. The topological polar surface area (TPSA) is 164 Å². The molecule has 3 atom stereocenters. The van der Waals surface area contributed by atoms with Gasteiger partial charge in [-0.15, -0.1) is 0 Å². The quantitative estimate of drug-likeness (QED) is 0.327. The van der Waals surface area contributed by atoms with Gasteiger partial charge in [-0.1, -0.05) is 12.1 Å². The number of rotatable bonds is 9. The van der Waals surface area contributed by atoms with Gasteiger partial charge in [-0.25, -0.2) is 13.2 Å². The predicted molar refractivity (Wildman–Crippen MR) is 159 cm³/mol. The molecule has 1 aromatic heterocycles. The number of urea groups is 1. The summed E-state index contributed by atoms with van der Waals surface area (Å²) in [5, 5.41) is 19.1. The fraction of sp³-hybridized carbons (Fsp3) is 0.414. The number of nitrogens with zero attached hydrogens (tertiary/aromatic N) is 3. The molecule has 43 heavy (non-hydrogen) atoms. The van der Waals surface area contributed by atoms with Gasteiger partial charge in [-0.3, -0.25) is 4.79 Å². The Morgan fingerprint density at radius 1 is 1.21 bits per heavy atom. The molecule has 3 amide bonds. The molecular formula is C29H37N5O8S. The molecule has 0 aliphatic carbocycles. The van der Waals surface area contributed by atoms with Gasteiger partial charge in [0.15, 0.2) is 5.76 Å². The van der Waals surface area contributed by atoms with Crippen LogP contribution in [0, 0.1) is 19.8 Å². The van der Waals surface area contributed by atoms with E-state index in [-0.39, 0.29) is 41.8 Å². The first-order chi connectivity index (χ1) is 20.3. The van der Waals surface area contributed by atoms with E-state index >= 15 is 0 Å². The molecule has 4 rings (SSSR count). The van der Waals surface area contributed by atoms with Crippen molar-refractivity contribution in [2.24, 2.45) is 5.92 Å². The van der Waals surface area contributed by atoms with Crippen LogP contribution in [0.3, 0.4) is 0 Å². The van der Waals surface area contributed by atoms with Gasteiger partial charge < -0.3 is 34.6 Å². The second-order valence-corrected chi connectivity index (χ2v) is 12.6. The highest BCUT2D eigenvalue weighted by Crippen LogP contribution is 2.31. The first-order valence-electron chi connectivity index (χ1n) is 13.7. The molecular weight excluding hydrogens is 578 g/mol. The van der Waals surface area contributed by atoms with Crippen molar-refractivity contribution in [3.05, 3.63) is 59.5 Å². The van der Waals surface area contributed by atoms with Crippen LogP contribution in [0.4, 0.5) is 16.2 Å². The zero-order valence-electron chi connectivity index (χ0n) is 24.9. The highest BCUT2D eigenvalue weighted by molar-refractivity contribution is 7.89. The summed E-state index contributed by atoms with van der Waals surface area (Å²) in [6.07, 6.45) is -0.653. The number of carbonyl (C=O) groups excluding carboxylic acids is 2. The zero-order chi connectivity index (χ0) is 31.5. The van der Waals surface area contributed by atoms with E-state index < -0.39 is 34.1 Å². The lowest BCUT2D eigenvalue weighted by Crippen LogP contribution is -2.50. The highest BCUT2D eigenvalue weighted by Gasteiger charge is 2.35. The molecule has 0 saturated heterocycles. The van der Waals surface area contributed by atoms with E-state index in [9.17, 15) is 23.1 Å². The molecule has 3 aromatic rings. The van der Waals surface area contributed by atoms with Crippen LogP contribution in [0.5, 0.6) is 11.5 Å². The number of fused-ring (bicyclic) bond motifs is 1. The van der Waals surface area contributed by atoms with E-state index in [0.717, 1.165) is 0 Å². The standard InChI is InChI=1S/C29H37N5O8S/c1-17-14-34(18(2)16-35)28(36)24-13-21(30-29(37)31-27-19(3)32-42-20(27)4)7-12-25(24)41-26(17)15-33(5)43(38,39)23-10-8-22(40-6)9-11-23/h7-13,17-18,26,35H,14-16H2,1-6H3,(H2,30,31,37)/t17-,18-,26-/m0/s1. The van der Waals surface area contributed by atoms with E-state index in [1.165, 1.54) is 41.6 Å². The zero-order valence-corrected chi connectivity index (χ0v) is 25.8. The van der Waals surface area contributed by atoms with Gasteiger partial charge in [0.1, 0.15) is 29.0 Å². The summed E-state index contributed by atoms with van der Waals surface area (Å²) >= 11 is 0. The Labute approximate surface area is 250 Å². The maximum atomic E-state index is 13.7. The van der Waals surface area contributed by atoms with E-state index in [2.05, 4.69) is 15.8 Å². The number of nitrogens with one attached hydrogen (secondary N) is 2. The number of sulfonamides is 1. The molecule has 13 nitrogen and oxygen atoms in total. The number of aliphatic hydroxyl groups excluding tert-OH is 1. The van der Waals surface area contributed by atoms with Crippen molar-refractivity contribution in [1.82, 2.24) is 14.4 Å². The van der Waals surface area contributed by atoms with Crippen molar-refractivity contribution >= 4 is 33.3 Å². The third-order valence-corrected chi connectivity index (χ3v) is 9.24. The van der Waals surface area contributed by atoms with Gasteiger partial charge in [0.25, 0.3) is 5.91 Å². The van der Waals surface area contributed by atoms with Crippen molar-refractivity contribution in [3.63, 3.8) is 0 Å². The largest absolute Gasteiger partial charge is 0.497 e. The van der Waals surface area contributed by atoms with Crippen molar-refractivity contribution < 1.29 is 37.1 Å². The minimum Gasteiger partial charge on any atom is -0.497 e. The molecule has 0 bridgehead atoms. The SMILES string of the molecule is COc1ccc(S(=O)(=O)N(C)C[C@@H]2Oc3ccc(NC(=O)Nc4c(C)noc4C)cc3C(=O)N([C@@H](C)CO)C[C@@H]2C)cc1. The molecule has 0 spiro atoms. The minimum atomic E-state index is -3.87. The van der Waals surface area contributed by atoms with Crippen LogP contribution >= 0.6 is 0 Å². The van der Waals surface area contributed by atoms with Crippen molar-refractivity contribution in [2.75, 3.05) is 44.5 Å². The van der Waals surface area contributed by atoms with Crippen LogP contribution in [-0.2, 0) is 10.0 Å². The molecule has 3 N–H and O–H groups in total. The number of benzene rings is 2. The second-order valence-electron chi connectivity index (χ2n) is 10.6. The van der Waals surface area contributed by atoms with E-state index in [1.54, 1.807) is 45.0 Å². The molecule has 14 heteroatoms. The Kier molecular flexibility index (Phi) is 9.62. The molecule has 0 fully saturated rings. The number of likely N-dealkylation sites (N-methyl/N-ethyl adjacent to an activating group) is 1.